The van der Waals surface area contributed by atoms with Gasteiger partial charge >= 0.3 is 26.2 Å². The Hall–Kier alpha value is -2.18. The van der Waals surface area contributed by atoms with Gasteiger partial charge in [0.15, 0.2) is 0 Å². The number of halogens is 2. The van der Waals surface area contributed by atoms with Crippen molar-refractivity contribution in [2.24, 2.45) is 11.3 Å². The smallest absolute Gasteiger partial charge is 1.00 e. The van der Waals surface area contributed by atoms with Crippen molar-refractivity contribution in [3.8, 4) is 11.1 Å². The van der Waals surface area contributed by atoms with Crippen LogP contribution in [0.4, 0.5) is 0 Å². The fourth-order valence-corrected chi connectivity index (χ4v) is 8.66. The van der Waals surface area contributed by atoms with E-state index in [2.05, 4.69) is 172 Å². The topological polar surface area (TPSA) is 0 Å². The number of allylic oxidation sites excluding steroid dienone is 4. The van der Waals surface area contributed by atoms with Crippen molar-refractivity contribution in [2.75, 3.05) is 0 Å². The molecule has 4 aromatic carbocycles. The first-order chi connectivity index (χ1) is 21.2. The maximum atomic E-state index is 2.68. The summed E-state index contributed by atoms with van der Waals surface area (Å²) < 4.78 is 0. The number of rotatable bonds is 3. The van der Waals surface area contributed by atoms with Crippen molar-refractivity contribution in [3.63, 3.8) is 0 Å². The molecular weight excluding hydrogens is 703 g/mol. The Balaban J connectivity index is 0.00000173. The van der Waals surface area contributed by atoms with Crippen molar-refractivity contribution < 1.29 is 51.0 Å². The third kappa shape index (κ3) is 6.31. The first kappa shape index (κ1) is 38.6. The first-order valence-electron chi connectivity index (χ1n) is 17.0. The molecule has 48 heavy (non-hydrogen) atoms. The summed E-state index contributed by atoms with van der Waals surface area (Å²) in [6.07, 6.45) is 6.37. The number of hydrogen-bond donors (Lipinski definition) is 0. The molecule has 0 heterocycles. The maximum absolute atomic E-state index is 2.68. The zero-order chi connectivity index (χ0) is 31.9. The average molecular weight is 753 g/mol. The van der Waals surface area contributed by atoms with Crippen LogP contribution < -0.4 is 24.8 Å². The van der Waals surface area contributed by atoms with Crippen molar-refractivity contribution in [3.05, 3.63) is 154 Å². The molecule has 0 aliphatic heterocycles. The van der Waals surface area contributed by atoms with Crippen molar-refractivity contribution in [1.82, 2.24) is 0 Å². The predicted molar refractivity (Wildman–Crippen MR) is 192 cm³/mol. The van der Waals surface area contributed by atoms with Crippen LogP contribution in [0, 0.1) is 11.3 Å². The summed E-state index contributed by atoms with van der Waals surface area (Å²) in [4.78, 5) is 0. The molecule has 0 saturated heterocycles. The fourth-order valence-electron chi connectivity index (χ4n) is 8.66. The zero-order valence-electron chi connectivity index (χ0n) is 30.1. The van der Waals surface area contributed by atoms with E-state index in [0.29, 0.717) is 11.8 Å². The summed E-state index contributed by atoms with van der Waals surface area (Å²) in [7, 11) is 0. The fraction of sp³-hybridized carbons (Fsp3) is 0.378. The Morgan fingerprint density at radius 1 is 0.583 bits per heavy atom. The molecule has 4 aromatic rings. The molecule has 0 nitrogen and oxygen atoms in total. The van der Waals surface area contributed by atoms with Crippen molar-refractivity contribution >= 4 is 0 Å². The van der Waals surface area contributed by atoms with E-state index < -0.39 is 0 Å². The molecule has 7 rings (SSSR count). The molecule has 3 aliphatic rings. The first-order valence-corrected chi connectivity index (χ1v) is 17.0. The van der Waals surface area contributed by atoms with Crippen LogP contribution >= 0.6 is 0 Å². The zero-order valence-corrected chi connectivity index (χ0v) is 34.1. The third-order valence-electron chi connectivity index (χ3n) is 11.2. The van der Waals surface area contributed by atoms with Gasteiger partial charge in [-0.1, -0.05) is 177 Å². The molecule has 248 valence electrons. The molecule has 0 aromatic heterocycles. The van der Waals surface area contributed by atoms with Gasteiger partial charge in [-0.3, -0.25) is 0 Å². The van der Waals surface area contributed by atoms with E-state index in [-0.39, 0.29) is 78.6 Å². The maximum Gasteiger partial charge on any atom is 2.00 e. The SMILES string of the molecule is CC(C)(C)C1=CC2C(=C1)C(c1ccccc1)CC2(c1ccccc1)C1c2cc(C(C)(C)C)ccc2-c2ccc(C(C)(C)C)cc21.[Cl-].[Cl-].[Zr+2]. The molecule has 1 fully saturated rings. The second-order valence-corrected chi connectivity index (χ2v) is 17.1. The van der Waals surface area contributed by atoms with Gasteiger partial charge in [0.2, 0.25) is 0 Å². The molecule has 3 atom stereocenters. The van der Waals surface area contributed by atoms with Gasteiger partial charge in [-0.15, -0.1) is 0 Å². The molecule has 1 saturated carbocycles. The molecule has 0 spiro atoms. The van der Waals surface area contributed by atoms with Gasteiger partial charge in [0, 0.05) is 23.2 Å². The van der Waals surface area contributed by atoms with Crippen LogP contribution in [0.1, 0.15) is 114 Å². The Kier molecular flexibility index (Phi) is 10.9. The molecular formula is C45H50Cl2Zr. The average Bonchev–Trinajstić information content (AvgIpc) is 3.67. The molecule has 0 N–H and O–H groups in total. The van der Waals surface area contributed by atoms with Crippen LogP contribution in [-0.2, 0) is 42.4 Å². The van der Waals surface area contributed by atoms with Gasteiger partial charge in [-0.05, 0) is 72.7 Å². The Morgan fingerprint density at radius 3 is 1.52 bits per heavy atom. The summed E-state index contributed by atoms with van der Waals surface area (Å²) >= 11 is 0. The monoisotopic (exact) mass is 750 g/mol. The van der Waals surface area contributed by atoms with E-state index >= 15 is 0 Å². The summed E-state index contributed by atoms with van der Waals surface area (Å²) in [6.45, 7) is 21.3. The Bertz CT molecular complexity index is 1770. The van der Waals surface area contributed by atoms with Gasteiger partial charge < -0.3 is 24.8 Å². The van der Waals surface area contributed by atoms with E-state index in [1.807, 2.05) is 0 Å². The Labute approximate surface area is 321 Å². The van der Waals surface area contributed by atoms with E-state index in [1.54, 1.807) is 5.57 Å². The quantitative estimate of drug-likeness (QED) is 0.239. The normalized spacial score (nSPS) is 21.5. The van der Waals surface area contributed by atoms with E-state index in [9.17, 15) is 0 Å². The van der Waals surface area contributed by atoms with Crippen LogP contribution in [0.2, 0.25) is 0 Å². The van der Waals surface area contributed by atoms with Crippen LogP contribution in [0.3, 0.4) is 0 Å². The summed E-state index contributed by atoms with van der Waals surface area (Å²) in [5.41, 5.74) is 14.8. The van der Waals surface area contributed by atoms with Crippen LogP contribution in [0.25, 0.3) is 11.1 Å². The van der Waals surface area contributed by atoms with Crippen LogP contribution in [-0.4, -0.2) is 0 Å². The van der Waals surface area contributed by atoms with Crippen LogP contribution in [0.5, 0.6) is 0 Å². The van der Waals surface area contributed by atoms with Gasteiger partial charge in [0.1, 0.15) is 0 Å². The molecule has 0 amide bonds. The van der Waals surface area contributed by atoms with Crippen LogP contribution in [0.15, 0.2) is 120 Å². The molecule has 0 radical (unpaired) electrons. The summed E-state index contributed by atoms with van der Waals surface area (Å²) in [5, 5.41) is 0. The second-order valence-electron chi connectivity index (χ2n) is 17.1. The molecule has 3 heteroatoms. The summed E-state index contributed by atoms with van der Waals surface area (Å²) in [6, 6.07) is 37.8. The van der Waals surface area contributed by atoms with Crippen molar-refractivity contribution in [1.29, 1.82) is 0 Å². The largest absolute Gasteiger partial charge is 2.00 e. The van der Waals surface area contributed by atoms with E-state index in [1.165, 1.54) is 50.1 Å². The second kappa shape index (κ2) is 13.5. The molecule has 3 unspecified atom stereocenters. The van der Waals surface area contributed by atoms with Gasteiger partial charge in [0.25, 0.3) is 0 Å². The van der Waals surface area contributed by atoms with Crippen molar-refractivity contribution in [2.45, 2.75) is 96.8 Å². The number of benzene rings is 4. The molecule has 3 aliphatic carbocycles. The number of hydrogen-bond acceptors (Lipinski definition) is 0. The Morgan fingerprint density at radius 2 is 1.06 bits per heavy atom. The minimum Gasteiger partial charge on any atom is -1.00 e. The minimum atomic E-state index is -0.131. The molecule has 0 bridgehead atoms. The number of fused-ring (bicyclic) bond motifs is 4. The van der Waals surface area contributed by atoms with Gasteiger partial charge in [-0.25, -0.2) is 0 Å². The van der Waals surface area contributed by atoms with E-state index in [4.69, 9.17) is 0 Å². The van der Waals surface area contributed by atoms with Gasteiger partial charge in [0.05, 0.1) is 0 Å². The van der Waals surface area contributed by atoms with Gasteiger partial charge in [-0.2, -0.15) is 0 Å². The third-order valence-corrected chi connectivity index (χ3v) is 11.2. The standard InChI is InChI=1S/C45H50.2ClH.Zr/c1-42(2,3)31-20-22-34-35-23-21-32(43(4,5)6)25-38(35)41(37(34)24-31)45(30-18-14-11-15-19-30)28-39(29-16-12-10-13-17-29)36-26-33(27-40(36)45)44(7,8)9;;;/h10-27,39-41H,28H2,1-9H3;2*1H;/q;;;+2/p-2. The predicted octanol–water partition coefficient (Wildman–Crippen LogP) is 6.05. The minimum absolute atomic E-state index is 0. The van der Waals surface area contributed by atoms with E-state index in [0.717, 1.165) is 6.42 Å². The summed E-state index contributed by atoms with van der Waals surface area (Å²) in [5.74, 6) is 0.934.